The highest BCUT2D eigenvalue weighted by molar-refractivity contribution is 6.10. The molecule has 0 bridgehead atoms. The Kier molecular flexibility index (Phi) is 6.05. The Morgan fingerprint density at radius 1 is 0.404 bits per heavy atom. The van der Waals surface area contributed by atoms with Crippen LogP contribution in [0.2, 0.25) is 0 Å². The molecule has 52 heavy (non-hydrogen) atoms. The molecule has 0 spiro atoms. The number of aromatic nitrogens is 6. The molecule has 11 rings (SSSR count). The Hall–Kier alpha value is -7.39. The summed E-state index contributed by atoms with van der Waals surface area (Å²) in [5, 5.41) is 2.05. The van der Waals surface area contributed by atoms with Gasteiger partial charge < -0.3 is 9.47 Å². The molecule has 0 atom stereocenters. The van der Waals surface area contributed by atoms with Crippen LogP contribution in [0.3, 0.4) is 0 Å². The van der Waals surface area contributed by atoms with Gasteiger partial charge in [-0.3, -0.25) is 9.47 Å². The lowest BCUT2D eigenvalue weighted by Crippen LogP contribution is -2.21. The zero-order valence-electron chi connectivity index (χ0n) is 27.4. The second-order valence-electron chi connectivity index (χ2n) is 12.6. The van der Waals surface area contributed by atoms with Gasteiger partial charge in [0.05, 0.1) is 22.4 Å². The standard InChI is InChI=1S/C43H25N7O2/c1-3-13-26(14-4-1)38-44-39(27-15-5-2-6-16-27)48-43(47-38)50-31-18-8-7-17-29(31)30-25-28(23-24-32(30)50)40-45-41-37-42(46-40)52-36-22-12-10-20-34(36)49(37)33-19-9-11-21-35(33)51-41/h1-25H. The predicted molar refractivity (Wildman–Crippen MR) is 201 cm³/mol. The number of nitrogens with zero attached hydrogens (tertiary/aromatic N) is 7. The van der Waals surface area contributed by atoms with Crippen molar-refractivity contribution in [1.82, 2.24) is 29.5 Å². The van der Waals surface area contributed by atoms with Crippen molar-refractivity contribution in [2.45, 2.75) is 0 Å². The summed E-state index contributed by atoms with van der Waals surface area (Å²) < 4.78 is 14.9. The van der Waals surface area contributed by atoms with Gasteiger partial charge in [0.15, 0.2) is 34.7 Å². The van der Waals surface area contributed by atoms with Crippen LogP contribution in [-0.2, 0) is 0 Å². The second kappa shape index (κ2) is 11.1. The summed E-state index contributed by atoms with van der Waals surface area (Å²) in [5.74, 6) is 4.50. The summed E-state index contributed by atoms with van der Waals surface area (Å²) >= 11 is 0. The first-order valence-corrected chi connectivity index (χ1v) is 16.9. The summed E-state index contributed by atoms with van der Waals surface area (Å²) in [4.78, 5) is 27.1. The fourth-order valence-electron chi connectivity index (χ4n) is 7.14. The quantitative estimate of drug-likeness (QED) is 0.183. The van der Waals surface area contributed by atoms with E-state index in [4.69, 9.17) is 34.4 Å². The van der Waals surface area contributed by atoms with Gasteiger partial charge in [-0.05, 0) is 48.5 Å². The van der Waals surface area contributed by atoms with Crippen molar-refractivity contribution >= 4 is 38.9 Å². The fourth-order valence-corrected chi connectivity index (χ4v) is 7.14. The van der Waals surface area contributed by atoms with E-state index in [-0.39, 0.29) is 0 Å². The van der Waals surface area contributed by atoms with Gasteiger partial charge in [0.2, 0.25) is 5.95 Å². The smallest absolute Gasteiger partial charge is 0.251 e. The Balaban J connectivity index is 1.10. The molecule has 0 fully saturated rings. The monoisotopic (exact) mass is 671 g/mol. The SMILES string of the molecule is c1ccc(-c2nc(-c3ccccc3)nc(-n3c4ccccc4c4cc(-c5nc6c7c(n5)Oc5ccccc5N7c5ccccc5O6)ccc43)n2)cc1. The Bertz CT molecular complexity index is 2750. The minimum atomic E-state index is 0.433. The largest absolute Gasteiger partial charge is 0.435 e. The van der Waals surface area contributed by atoms with Gasteiger partial charge in [-0.2, -0.15) is 19.9 Å². The number of rotatable bonds is 4. The first kappa shape index (κ1) is 28.4. The average Bonchev–Trinajstić information content (AvgIpc) is 3.55. The molecule has 9 heteroatoms. The molecule has 244 valence electrons. The molecular formula is C43H25N7O2. The molecule has 0 N–H and O–H groups in total. The Morgan fingerprint density at radius 3 is 1.56 bits per heavy atom. The average molecular weight is 672 g/mol. The fraction of sp³-hybridized carbons (Fsp3) is 0. The van der Waals surface area contributed by atoms with E-state index < -0.39 is 0 Å². The Morgan fingerprint density at radius 2 is 0.923 bits per heavy atom. The van der Waals surface area contributed by atoms with E-state index >= 15 is 0 Å². The van der Waals surface area contributed by atoms with Crippen molar-refractivity contribution in [1.29, 1.82) is 0 Å². The van der Waals surface area contributed by atoms with Crippen LogP contribution in [0.15, 0.2) is 152 Å². The first-order chi connectivity index (χ1) is 25.8. The lowest BCUT2D eigenvalue weighted by molar-refractivity contribution is 0.421. The zero-order chi connectivity index (χ0) is 34.2. The van der Waals surface area contributed by atoms with Crippen LogP contribution in [0.25, 0.3) is 61.9 Å². The molecule has 5 heterocycles. The maximum Gasteiger partial charge on any atom is 0.251 e. The zero-order valence-corrected chi connectivity index (χ0v) is 27.4. The van der Waals surface area contributed by atoms with E-state index in [0.717, 1.165) is 49.9 Å². The molecule has 2 aliphatic rings. The third kappa shape index (κ3) is 4.32. The van der Waals surface area contributed by atoms with Crippen molar-refractivity contribution < 1.29 is 9.47 Å². The molecule has 6 aromatic carbocycles. The number of anilines is 3. The molecule has 0 saturated carbocycles. The van der Waals surface area contributed by atoms with Gasteiger partial charge in [0.25, 0.3) is 11.8 Å². The number of fused-ring (bicyclic) bond motifs is 7. The minimum absolute atomic E-state index is 0.433. The number of hydrogen-bond donors (Lipinski definition) is 0. The van der Waals surface area contributed by atoms with Gasteiger partial charge in [-0.25, -0.2) is 4.98 Å². The summed E-state index contributed by atoms with van der Waals surface area (Å²) in [6.07, 6.45) is 0. The molecule has 3 aromatic heterocycles. The van der Waals surface area contributed by atoms with E-state index in [9.17, 15) is 0 Å². The van der Waals surface area contributed by atoms with E-state index in [0.29, 0.717) is 52.4 Å². The van der Waals surface area contributed by atoms with Gasteiger partial charge >= 0.3 is 0 Å². The van der Waals surface area contributed by atoms with Gasteiger partial charge in [0, 0.05) is 27.5 Å². The first-order valence-electron chi connectivity index (χ1n) is 16.9. The molecule has 9 aromatic rings. The van der Waals surface area contributed by atoms with E-state index in [1.165, 1.54) is 0 Å². The van der Waals surface area contributed by atoms with Gasteiger partial charge in [-0.1, -0.05) is 103 Å². The molecule has 9 nitrogen and oxygen atoms in total. The van der Waals surface area contributed by atoms with E-state index in [2.05, 4.69) is 33.7 Å². The maximum absolute atomic E-state index is 6.42. The Labute approximate surface area is 297 Å². The van der Waals surface area contributed by atoms with Crippen LogP contribution in [0.4, 0.5) is 17.1 Å². The van der Waals surface area contributed by atoms with E-state index in [1.54, 1.807) is 0 Å². The maximum atomic E-state index is 6.42. The highest BCUT2D eigenvalue weighted by Gasteiger charge is 2.37. The van der Waals surface area contributed by atoms with Crippen LogP contribution >= 0.6 is 0 Å². The van der Waals surface area contributed by atoms with Gasteiger partial charge in [-0.15, -0.1) is 0 Å². The normalized spacial score (nSPS) is 12.5. The molecule has 0 unspecified atom stereocenters. The lowest BCUT2D eigenvalue weighted by Gasteiger charge is -2.36. The predicted octanol–water partition coefficient (Wildman–Crippen LogP) is 10.4. The van der Waals surface area contributed by atoms with Crippen LogP contribution in [0, 0.1) is 0 Å². The molecule has 0 amide bonds. The number of ether oxygens (including phenoxy) is 2. The van der Waals surface area contributed by atoms with Crippen molar-refractivity contribution in [3.63, 3.8) is 0 Å². The van der Waals surface area contributed by atoms with Crippen LogP contribution in [0.1, 0.15) is 0 Å². The summed E-state index contributed by atoms with van der Waals surface area (Å²) in [7, 11) is 0. The molecule has 0 saturated heterocycles. The number of para-hydroxylation sites is 5. The van der Waals surface area contributed by atoms with Crippen molar-refractivity contribution in [3.05, 3.63) is 152 Å². The summed E-state index contributed by atoms with van der Waals surface area (Å²) in [6.45, 7) is 0. The highest BCUT2D eigenvalue weighted by Crippen LogP contribution is 2.58. The molecule has 0 aliphatic carbocycles. The van der Waals surface area contributed by atoms with Crippen LogP contribution < -0.4 is 14.4 Å². The lowest BCUT2D eigenvalue weighted by atomic mass is 10.1. The number of hydrogen-bond acceptors (Lipinski definition) is 8. The highest BCUT2D eigenvalue weighted by atomic mass is 16.5. The van der Waals surface area contributed by atoms with E-state index in [1.807, 2.05) is 127 Å². The minimum Gasteiger partial charge on any atom is -0.435 e. The molecule has 2 aliphatic heterocycles. The topological polar surface area (TPSA) is 91.1 Å². The third-order valence-electron chi connectivity index (χ3n) is 9.49. The van der Waals surface area contributed by atoms with Crippen molar-refractivity contribution in [2.75, 3.05) is 4.90 Å². The van der Waals surface area contributed by atoms with Crippen molar-refractivity contribution in [2.24, 2.45) is 0 Å². The number of benzene rings is 6. The summed E-state index contributed by atoms with van der Waals surface area (Å²) in [6, 6.07) is 50.4. The second-order valence-corrected chi connectivity index (χ2v) is 12.6. The molecule has 0 radical (unpaired) electrons. The van der Waals surface area contributed by atoms with Crippen molar-refractivity contribution in [3.8, 4) is 63.4 Å². The van der Waals surface area contributed by atoms with Crippen LogP contribution in [0.5, 0.6) is 23.3 Å². The summed E-state index contributed by atoms with van der Waals surface area (Å²) in [5.41, 5.74) is 7.03. The van der Waals surface area contributed by atoms with Crippen LogP contribution in [-0.4, -0.2) is 29.5 Å². The molecular weight excluding hydrogens is 647 g/mol. The van der Waals surface area contributed by atoms with Gasteiger partial charge in [0.1, 0.15) is 0 Å². The third-order valence-corrected chi connectivity index (χ3v) is 9.49.